The molecular formula is C39H45N5O5. The van der Waals surface area contributed by atoms with Gasteiger partial charge in [-0.15, -0.1) is 6.58 Å². The quantitative estimate of drug-likeness (QED) is 0.252. The summed E-state index contributed by atoms with van der Waals surface area (Å²) in [6.07, 6.45) is 6.37. The number of amides is 3. The van der Waals surface area contributed by atoms with Gasteiger partial charge >= 0.3 is 0 Å². The molecule has 2 atom stereocenters. The molecule has 10 nitrogen and oxygen atoms in total. The van der Waals surface area contributed by atoms with Gasteiger partial charge in [0.2, 0.25) is 5.91 Å². The second kappa shape index (κ2) is 14.4. The number of hydrogen-bond donors (Lipinski definition) is 3. The Balaban J connectivity index is 1.28. The van der Waals surface area contributed by atoms with E-state index < -0.39 is 23.0 Å². The summed E-state index contributed by atoms with van der Waals surface area (Å²) in [6, 6.07) is 25.0. The first-order chi connectivity index (χ1) is 23.7. The Morgan fingerprint density at radius 1 is 1.00 bits per heavy atom. The van der Waals surface area contributed by atoms with Crippen LogP contribution in [0.5, 0.6) is 0 Å². The highest BCUT2D eigenvalue weighted by Crippen LogP contribution is 2.48. The number of para-hydroxylation sites is 1. The van der Waals surface area contributed by atoms with E-state index in [1.165, 1.54) is 4.90 Å². The van der Waals surface area contributed by atoms with Crippen LogP contribution in [-0.2, 0) is 26.5 Å². The molecule has 0 bridgehead atoms. The van der Waals surface area contributed by atoms with Crippen molar-refractivity contribution in [1.82, 2.24) is 10.2 Å². The van der Waals surface area contributed by atoms with Crippen LogP contribution in [0.15, 0.2) is 104 Å². The number of fused-ring (bicyclic) bond motifs is 1. The maximum absolute atomic E-state index is 14.4. The minimum absolute atomic E-state index is 0.00278. The van der Waals surface area contributed by atoms with Gasteiger partial charge in [0.15, 0.2) is 5.60 Å². The van der Waals surface area contributed by atoms with Crippen LogP contribution in [0.25, 0.3) is 0 Å². The summed E-state index contributed by atoms with van der Waals surface area (Å²) in [5.74, 6) is -1.36. The molecule has 0 aromatic heterocycles. The first-order valence-corrected chi connectivity index (χ1v) is 17.0. The number of carbonyl (C=O) groups is 3. The molecule has 3 heterocycles. The van der Waals surface area contributed by atoms with Crippen LogP contribution in [0.4, 0.5) is 17.1 Å². The van der Waals surface area contributed by atoms with Crippen molar-refractivity contribution in [3.05, 3.63) is 115 Å². The van der Waals surface area contributed by atoms with Gasteiger partial charge in [-0.3, -0.25) is 19.3 Å². The molecule has 2 fully saturated rings. The molecule has 2 saturated heterocycles. The molecule has 256 valence electrons. The zero-order chi connectivity index (χ0) is 34.6. The lowest BCUT2D eigenvalue weighted by molar-refractivity contribution is -0.139. The number of anilines is 3. The average molecular weight is 664 g/mol. The normalized spacial score (nSPS) is 20.7. The number of hydrogen-bond acceptors (Lipinski definition) is 7. The van der Waals surface area contributed by atoms with Gasteiger partial charge in [-0.05, 0) is 61.8 Å². The largest absolute Gasteiger partial charge is 0.395 e. The van der Waals surface area contributed by atoms with Crippen molar-refractivity contribution in [3.63, 3.8) is 0 Å². The Morgan fingerprint density at radius 2 is 1.69 bits per heavy atom. The van der Waals surface area contributed by atoms with E-state index in [1.54, 1.807) is 47.1 Å². The Kier molecular flexibility index (Phi) is 10.0. The van der Waals surface area contributed by atoms with Gasteiger partial charge in [0.1, 0.15) is 5.54 Å². The molecule has 6 rings (SSSR count). The summed E-state index contributed by atoms with van der Waals surface area (Å²) in [6.45, 7) is 7.99. The van der Waals surface area contributed by atoms with E-state index in [1.807, 2.05) is 66.7 Å². The van der Waals surface area contributed by atoms with E-state index in [-0.39, 0.29) is 37.9 Å². The molecule has 3 amide bonds. The fourth-order valence-electron chi connectivity index (χ4n) is 7.44. The summed E-state index contributed by atoms with van der Waals surface area (Å²) >= 11 is 0. The lowest BCUT2D eigenvalue weighted by Gasteiger charge is -2.39. The third kappa shape index (κ3) is 6.27. The van der Waals surface area contributed by atoms with Gasteiger partial charge in [0.05, 0.1) is 19.0 Å². The van der Waals surface area contributed by atoms with Crippen molar-refractivity contribution >= 4 is 34.8 Å². The lowest BCUT2D eigenvalue weighted by atomic mass is 9.82. The van der Waals surface area contributed by atoms with Crippen molar-refractivity contribution in [2.75, 3.05) is 54.2 Å². The lowest BCUT2D eigenvalue weighted by Crippen LogP contribution is -2.55. The highest BCUT2D eigenvalue weighted by Gasteiger charge is 2.55. The molecule has 0 radical (unpaired) electrons. The van der Waals surface area contributed by atoms with Crippen molar-refractivity contribution < 1.29 is 24.6 Å². The zero-order valence-corrected chi connectivity index (χ0v) is 28.0. The molecule has 0 unspecified atom stereocenters. The Hall–Kier alpha value is -4.77. The number of piperidine rings is 1. The molecule has 3 aliphatic heterocycles. The number of nitrogens with one attached hydrogen (secondary N) is 1. The summed E-state index contributed by atoms with van der Waals surface area (Å²) in [7, 11) is 0. The van der Waals surface area contributed by atoms with E-state index >= 15 is 0 Å². The summed E-state index contributed by atoms with van der Waals surface area (Å²) in [4.78, 5) is 48.6. The third-order valence-corrected chi connectivity index (χ3v) is 10.1. The number of benzene rings is 3. The molecule has 3 N–H and O–H groups in total. The van der Waals surface area contributed by atoms with Gasteiger partial charge < -0.3 is 30.2 Å². The van der Waals surface area contributed by atoms with E-state index in [0.29, 0.717) is 43.0 Å². The molecule has 3 aliphatic rings. The molecule has 3 aromatic carbocycles. The maximum atomic E-state index is 14.4. The van der Waals surface area contributed by atoms with Gasteiger partial charge in [0, 0.05) is 48.9 Å². The maximum Gasteiger partial charge on any atom is 0.264 e. The second-order valence-corrected chi connectivity index (χ2v) is 13.0. The molecule has 10 heteroatoms. The van der Waals surface area contributed by atoms with Crippen LogP contribution in [0, 0.1) is 5.92 Å². The Morgan fingerprint density at radius 3 is 2.37 bits per heavy atom. The topological polar surface area (TPSA) is 117 Å². The Labute approximate surface area is 287 Å². The van der Waals surface area contributed by atoms with Crippen LogP contribution in [0.3, 0.4) is 0 Å². The predicted octanol–water partition coefficient (Wildman–Crippen LogP) is 3.94. The second-order valence-electron chi connectivity index (χ2n) is 13.0. The van der Waals surface area contributed by atoms with Gasteiger partial charge in [0.25, 0.3) is 11.8 Å². The molecule has 3 aromatic rings. The number of aliphatic hydroxyl groups excluding tert-OH is 1. The third-order valence-electron chi connectivity index (χ3n) is 10.1. The van der Waals surface area contributed by atoms with E-state index in [9.17, 15) is 24.6 Å². The van der Waals surface area contributed by atoms with Gasteiger partial charge in [-0.2, -0.15) is 0 Å². The fraction of sp³-hybridized carbons (Fsp3) is 0.359. The average Bonchev–Trinajstić information content (AvgIpc) is 3.52. The smallest absolute Gasteiger partial charge is 0.264 e. The van der Waals surface area contributed by atoms with Crippen molar-refractivity contribution in [2.45, 2.75) is 43.9 Å². The molecule has 0 aliphatic carbocycles. The highest BCUT2D eigenvalue weighted by molar-refractivity contribution is 6.10. The highest BCUT2D eigenvalue weighted by atomic mass is 16.3. The van der Waals surface area contributed by atoms with E-state index in [2.05, 4.69) is 16.8 Å². The first-order valence-electron chi connectivity index (χ1n) is 17.0. The van der Waals surface area contributed by atoms with Crippen molar-refractivity contribution in [3.8, 4) is 0 Å². The molecule has 1 spiro atoms. The van der Waals surface area contributed by atoms with E-state index in [0.717, 1.165) is 24.3 Å². The first kappa shape index (κ1) is 34.1. The minimum Gasteiger partial charge on any atom is -0.395 e. The number of nitrogens with zero attached hydrogens (tertiary/aromatic N) is 4. The van der Waals surface area contributed by atoms with Crippen molar-refractivity contribution in [1.29, 1.82) is 0 Å². The number of carbonyl (C=O) groups excluding carboxylic acids is 3. The SMILES string of the molecule is C=CCN1C(=O)[C@@](O)([C@@H](C)/C=C/CC(=O)N(CCO)Cc2ccccc2)c2cc(N3CN(c4ccccc4)C4(CCNCC4)C3=O)ccc21. The summed E-state index contributed by atoms with van der Waals surface area (Å²) < 4.78 is 0. The number of aliphatic hydroxyl groups is 2. The Bertz CT molecular complexity index is 1710. The zero-order valence-electron chi connectivity index (χ0n) is 28.0. The fourth-order valence-corrected chi connectivity index (χ4v) is 7.44. The molecule has 0 saturated carbocycles. The van der Waals surface area contributed by atoms with Crippen LogP contribution >= 0.6 is 0 Å². The van der Waals surface area contributed by atoms with Gasteiger partial charge in [-0.25, -0.2) is 0 Å². The van der Waals surface area contributed by atoms with Crippen LogP contribution in [0.1, 0.15) is 37.3 Å². The van der Waals surface area contributed by atoms with Crippen molar-refractivity contribution in [2.24, 2.45) is 5.92 Å². The predicted molar refractivity (Wildman–Crippen MR) is 191 cm³/mol. The summed E-state index contributed by atoms with van der Waals surface area (Å²) in [5.41, 5.74) is 0.885. The molecule has 49 heavy (non-hydrogen) atoms. The standard InChI is InChI=1S/C39H45N5O5/c1-3-23-42-34-18-17-32(43-28-44(31-14-8-5-9-15-31)38(36(43)47)19-21-40-22-20-38)26-33(34)39(49,37(42)48)29(2)11-10-16-35(46)41(24-25-45)27-30-12-6-4-7-13-30/h3-15,17-18,26,29,40,45,49H,1,16,19-25,27-28H2,2H3/b11-10+/t29-,39+/m0/s1. The summed E-state index contributed by atoms with van der Waals surface area (Å²) in [5, 5.41) is 25.3. The molecular weight excluding hydrogens is 618 g/mol. The monoisotopic (exact) mass is 663 g/mol. The van der Waals surface area contributed by atoms with Gasteiger partial charge in [-0.1, -0.05) is 73.7 Å². The van der Waals surface area contributed by atoms with E-state index in [4.69, 9.17) is 0 Å². The van der Waals surface area contributed by atoms with Crippen LogP contribution in [-0.4, -0.2) is 77.8 Å². The van der Waals surface area contributed by atoms with Crippen LogP contribution < -0.4 is 20.0 Å². The van der Waals surface area contributed by atoms with Crippen LogP contribution in [0.2, 0.25) is 0 Å². The number of rotatable bonds is 12. The minimum atomic E-state index is -1.93.